The van der Waals surface area contributed by atoms with Gasteiger partial charge in [0.1, 0.15) is 0 Å². The summed E-state index contributed by atoms with van der Waals surface area (Å²) in [6.07, 6.45) is 1.89. The van der Waals surface area contributed by atoms with Gasteiger partial charge < -0.3 is 5.32 Å². The van der Waals surface area contributed by atoms with Crippen molar-refractivity contribution < 1.29 is 0 Å². The van der Waals surface area contributed by atoms with E-state index in [1.807, 2.05) is 6.20 Å². The lowest BCUT2D eigenvalue weighted by Gasteiger charge is -2.33. The van der Waals surface area contributed by atoms with Gasteiger partial charge in [0.2, 0.25) is 0 Å². The molecule has 5 heteroatoms. The number of halogens is 1. The predicted octanol–water partition coefficient (Wildman–Crippen LogP) is 1.12. The van der Waals surface area contributed by atoms with Gasteiger partial charge in [0.05, 0.1) is 5.69 Å². The van der Waals surface area contributed by atoms with E-state index in [0.29, 0.717) is 6.04 Å². The summed E-state index contributed by atoms with van der Waals surface area (Å²) < 4.78 is 2.08. The zero-order valence-corrected chi connectivity index (χ0v) is 10.8. The zero-order valence-electron chi connectivity index (χ0n) is 10.0. The Bertz CT molecular complexity index is 313. The monoisotopic (exact) mass is 244 g/mol. The standard InChI is InChI=1S/C11H20N4.ClH/c1-3-15-11(4-5-13-15)9-14-7-6-12-8-10(14)2;/h4-5,10,12H,3,6-9H2,1-2H3;1H/t10-;/m0./s1. The number of hydrogen-bond donors (Lipinski definition) is 1. The smallest absolute Gasteiger partial charge is 0.0524 e. The summed E-state index contributed by atoms with van der Waals surface area (Å²) in [5.41, 5.74) is 1.33. The number of rotatable bonds is 3. The molecule has 1 saturated heterocycles. The van der Waals surface area contributed by atoms with Crippen molar-refractivity contribution in [3.63, 3.8) is 0 Å². The van der Waals surface area contributed by atoms with E-state index in [-0.39, 0.29) is 12.4 Å². The Balaban J connectivity index is 0.00000128. The molecule has 2 heterocycles. The summed E-state index contributed by atoms with van der Waals surface area (Å²) in [5, 5.41) is 7.71. The molecule has 0 aromatic carbocycles. The average molecular weight is 245 g/mol. The molecule has 0 amide bonds. The second-order valence-electron chi connectivity index (χ2n) is 4.16. The highest BCUT2D eigenvalue weighted by Gasteiger charge is 2.18. The number of hydrogen-bond acceptors (Lipinski definition) is 3. The molecule has 1 atom stereocenters. The fourth-order valence-electron chi connectivity index (χ4n) is 2.11. The fourth-order valence-corrected chi connectivity index (χ4v) is 2.11. The first-order valence-electron chi connectivity index (χ1n) is 5.76. The van der Waals surface area contributed by atoms with Gasteiger partial charge in [0.15, 0.2) is 0 Å². The number of aryl methyl sites for hydroxylation is 1. The van der Waals surface area contributed by atoms with Gasteiger partial charge in [-0.3, -0.25) is 9.58 Å². The van der Waals surface area contributed by atoms with Crippen molar-refractivity contribution in [2.75, 3.05) is 19.6 Å². The van der Waals surface area contributed by atoms with Gasteiger partial charge in [0, 0.05) is 45.0 Å². The quantitative estimate of drug-likeness (QED) is 0.865. The van der Waals surface area contributed by atoms with Gasteiger partial charge in [-0.1, -0.05) is 0 Å². The van der Waals surface area contributed by atoms with Crippen molar-refractivity contribution in [1.82, 2.24) is 20.0 Å². The topological polar surface area (TPSA) is 33.1 Å². The van der Waals surface area contributed by atoms with E-state index in [4.69, 9.17) is 0 Å². The molecule has 1 fully saturated rings. The summed E-state index contributed by atoms with van der Waals surface area (Å²) in [4.78, 5) is 2.51. The molecule has 0 saturated carbocycles. The van der Waals surface area contributed by atoms with E-state index in [2.05, 4.69) is 39.9 Å². The maximum atomic E-state index is 4.30. The Morgan fingerprint density at radius 3 is 3.06 bits per heavy atom. The third kappa shape index (κ3) is 2.97. The molecular formula is C11H21ClN4. The fraction of sp³-hybridized carbons (Fsp3) is 0.727. The molecule has 0 bridgehead atoms. The first kappa shape index (κ1) is 13.5. The predicted molar refractivity (Wildman–Crippen MR) is 67.9 cm³/mol. The van der Waals surface area contributed by atoms with E-state index in [0.717, 1.165) is 32.7 Å². The van der Waals surface area contributed by atoms with Crippen LogP contribution in [0.2, 0.25) is 0 Å². The second-order valence-corrected chi connectivity index (χ2v) is 4.16. The number of nitrogens with one attached hydrogen (secondary N) is 1. The number of piperazine rings is 1. The molecule has 0 radical (unpaired) electrons. The average Bonchev–Trinajstić information content (AvgIpc) is 2.69. The normalized spacial score (nSPS) is 21.8. The lowest BCUT2D eigenvalue weighted by atomic mass is 10.2. The summed E-state index contributed by atoms with van der Waals surface area (Å²) in [7, 11) is 0. The lowest BCUT2D eigenvalue weighted by molar-refractivity contribution is 0.161. The molecule has 1 aliphatic heterocycles. The molecule has 1 aromatic heterocycles. The molecule has 0 spiro atoms. The van der Waals surface area contributed by atoms with Crippen LogP contribution in [0.3, 0.4) is 0 Å². The van der Waals surface area contributed by atoms with Crippen LogP contribution >= 0.6 is 12.4 Å². The van der Waals surface area contributed by atoms with E-state index < -0.39 is 0 Å². The van der Waals surface area contributed by atoms with Crippen LogP contribution in [-0.2, 0) is 13.1 Å². The Labute approximate surface area is 103 Å². The minimum Gasteiger partial charge on any atom is -0.314 e. The van der Waals surface area contributed by atoms with E-state index in [9.17, 15) is 0 Å². The van der Waals surface area contributed by atoms with Crippen LogP contribution in [0.1, 0.15) is 19.5 Å². The van der Waals surface area contributed by atoms with Crippen LogP contribution in [0.25, 0.3) is 0 Å². The maximum absolute atomic E-state index is 4.30. The highest BCUT2D eigenvalue weighted by molar-refractivity contribution is 5.85. The number of aromatic nitrogens is 2. The van der Waals surface area contributed by atoms with Crippen LogP contribution in [-0.4, -0.2) is 40.4 Å². The largest absolute Gasteiger partial charge is 0.314 e. The maximum Gasteiger partial charge on any atom is 0.0524 e. The van der Waals surface area contributed by atoms with Crippen LogP contribution in [0.4, 0.5) is 0 Å². The van der Waals surface area contributed by atoms with Crippen molar-refractivity contribution in [2.24, 2.45) is 0 Å². The summed E-state index contributed by atoms with van der Waals surface area (Å²) in [5.74, 6) is 0. The van der Waals surface area contributed by atoms with E-state index in [1.54, 1.807) is 0 Å². The van der Waals surface area contributed by atoms with Crippen molar-refractivity contribution in [2.45, 2.75) is 33.0 Å². The van der Waals surface area contributed by atoms with Gasteiger partial charge in [-0.05, 0) is 19.9 Å². The van der Waals surface area contributed by atoms with Gasteiger partial charge in [0.25, 0.3) is 0 Å². The second kappa shape index (κ2) is 6.23. The highest BCUT2D eigenvalue weighted by Crippen LogP contribution is 2.09. The molecule has 1 N–H and O–H groups in total. The highest BCUT2D eigenvalue weighted by atomic mass is 35.5. The molecule has 1 aliphatic rings. The summed E-state index contributed by atoms with van der Waals surface area (Å²) in [6, 6.07) is 2.75. The summed E-state index contributed by atoms with van der Waals surface area (Å²) in [6.45, 7) is 9.73. The molecular weight excluding hydrogens is 224 g/mol. The van der Waals surface area contributed by atoms with Crippen LogP contribution in [0.5, 0.6) is 0 Å². The first-order valence-corrected chi connectivity index (χ1v) is 5.76. The minimum atomic E-state index is 0. The molecule has 4 nitrogen and oxygen atoms in total. The van der Waals surface area contributed by atoms with Crippen LogP contribution in [0.15, 0.2) is 12.3 Å². The molecule has 16 heavy (non-hydrogen) atoms. The Kier molecular flexibility index (Phi) is 5.25. The molecule has 92 valence electrons. The van der Waals surface area contributed by atoms with Gasteiger partial charge in [-0.15, -0.1) is 12.4 Å². The van der Waals surface area contributed by atoms with E-state index in [1.165, 1.54) is 5.69 Å². The third-order valence-electron chi connectivity index (χ3n) is 3.11. The van der Waals surface area contributed by atoms with Crippen molar-refractivity contribution in [3.05, 3.63) is 18.0 Å². The minimum absolute atomic E-state index is 0. The Morgan fingerprint density at radius 1 is 1.56 bits per heavy atom. The first-order chi connectivity index (χ1) is 7.31. The lowest BCUT2D eigenvalue weighted by Crippen LogP contribution is -2.49. The third-order valence-corrected chi connectivity index (χ3v) is 3.11. The number of nitrogens with zero attached hydrogens (tertiary/aromatic N) is 3. The van der Waals surface area contributed by atoms with Gasteiger partial charge >= 0.3 is 0 Å². The van der Waals surface area contributed by atoms with Crippen LogP contribution < -0.4 is 5.32 Å². The van der Waals surface area contributed by atoms with Crippen molar-refractivity contribution in [1.29, 1.82) is 0 Å². The Hall–Kier alpha value is -0.580. The molecule has 0 aliphatic carbocycles. The summed E-state index contributed by atoms with van der Waals surface area (Å²) >= 11 is 0. The molecule has 1 aromatic rings. The van der Waals surface area contributed by atoms with Crippen molar-refractivity contribution >= 4 is 12.4 Å². The van der Waals surface area contributed by atoms with Gasteiger partial charge in [-0.25, -0.2) is 0 Å². The molecule has 0 unspecified atom stereocenters. The van der Waals surface area contributed by atoms with Gasteiger partial charge in [-0.2, -0.15) is 5.10 Å². The Morgan fingerprint density at radius 2 is 2.38 bits per heavy atom. The van der Waals surface area contributed by atoms with Crippen molar-refractivity contribution in [3.8, 4) is 0 Å². The zero-order chi connectivity index (χ0) is 10.7. The SMILES string of the molecule is CCn1nccc1CN1CCNC[C@@H]1C.Cl. The van der Waals surface area contributed by atoms with E-state index >= 15 is 0 Å². The van der Waals surface area contributed by atoms with Crippen LogP contribution in [0, 0.1) is 0 Å². The molecule has 2 rings (SSSR count).